The normalized spacial score (nSPS) is 13.3. The quantitative estimate of drug-likeness (QED) is 0.536. The molecule has 0 radical (unpaired) electrons. The summed E-state index contributed by atoms with van der Waals surface area (Å²) >= 11 is 0. The molecule has 0 aromatic carbocycles. The molecule has 0 unspecified atom stereocenters. The fourth-order valence-electron chi connectivity index (χ4n) is 0.647. The lowest BCUT2D eigenvalue weighted by atomic mass is 9.73. The van der Waals surface area contributed by atoms with Crippen molar-refractivity contribution in [3.05, 3.63) is 0 Å². The van der Waals surface area contributed by atoms with Gasteiger partial charge in [-0.05, 0) is 32.4 Å². The zero-order chi connectivity index (χ0) is 8.41. The Bertz CT molecular complexity index is 123. The van der Waals surface area contributed by atoms with Gasteiger partial charge in [-0.25, -0.2) is 0 Å². The third-order valence-electron chi connectivity index (χ3n) is 2.94. The van der Waals surface area contributed by atoms with Crippen molar-refractivity contribution in [1.82, 2.24) is 0 Å². The summed E-state index contributed by atoms with van der Waals surface area (Å²) < 4.78 is 0. The smallest absolute Gasteiger partial charge is 0.0595 e. The molecular weight excluding hydrogens is 122 g/mol. The Morgan fingerprint density at radius 3 is 1.70 bits per heavy atom. The standard InChI is InChI=1S/C9H19N/c1-7-8(2,3)9(4,5)10-6/h6-7H2,1-5H3. The highest BCUT2D eigenvalue weighted by Gasteiger charge is 2.33. The van der Waals surface area contributed by atoms with E-state index >= 15 is 0 Å². The van der Waals surface area contributed by atoms with Crippen LogP contribution in [0.5, 0.6) is 0 Å². The second kappa shape index (κ2) is 2.73. The van der Waals surface area contributed by atoms with Gasteiger partial charge in [-0.1, -0.05) is 20.8 Å². The Labute approximate surface area is 64.6 Å². The van der Waals surface area contributed by atoms with Crippen LogP contribution < -0.4 is 0 Å². The van der Waals surface area contributed by atoms with Gasteiger partial charge in [0.05, 0.1) is 5.54 Å². The third-order valence-corrected chi connectivity index (χ3v) is 2.94. The maximum Gasteiger partial charge on any atom is 0.0595 e. The first-order chi connectivity index (χ1) is 4.37. The Balaban J connectivity index is 4.43. The van der Waals surface area contributed by atoms with E-state index in [0.29, 0.717) is 0 Å². The summed E-state index contributed by atoms with van der Waals surface area (Å²) in [7, 11) is 0. The fraction of sp³-hybridized carbons (Fsp3) is 0.889. The third kappa shape index (κ3) is 1.59. The van der Waals surface area contributed by atoms with Crippen LogP contribution in [0.3, 0.4) is 0 Å². The van der Waals surface area contributed by atoms with E-state index in [1.54, 1.807) is 0 Å². The summed E-state index contributed by atoms with van der Waals surface area (Å²) in [5.41, 5.74) is 0.260. The second-order valence-electron chi connectivity index (χ2n) is 3.95. The molecule has 0 aromatic rings. The topological polar surface area (TPSA) is 12.4 Å². The zero-order valence-corrected chi connectivity index (χ0v) is 7.86. The van der Waals surface area contributed by atoms with Crippen LogP contribution in [0, 0.1) is 5.41 Å². The SMILES string of the molecule is C=NC(C)(C)C(C)(C)CC. The summed E-state index contributed by atoms with van der Waals surface area (Å²) in [6.07, 6.45) is 1.14. The van der Waals surface area contributed by atoms with Crippen molar-refractivity contribution >= 4 is 6.72 Å². The largest absolute Gasteiger partial charge is 0.294 e. The Morgan fingerprint density at radius 1 is 1.20 bits per heavy atom. The van der Waals surface area contributed by atoms with Gasteiger partial charge < -0.3 is 0 Å². The molecule has 0 fully saturated rings. The average Bonchev–Trinajstić information content (AvgIpc) is 1.88. The minimum absolute atomic E-state index is 0.00174. The first-order valence-corrected chi connectivity index (χ1v) is 3.85. The van der Waals surface area contributed by atoms with Crippen LogP contribution in [-0.4, -0.2) is 12.3 Å². The van der Waals surface area contributed by atoms with E-state index in [9.17, 15) is 0 Å². The molecule has 0 spiro atoms. The first kappa shape index (κ1) is 9.67. The number of rotatable bonds is 3. The van der Waals surface area contributed by atoms with Crippen LogP contribution in [0.4, 0.5) is 0 Å². The van der Waals surface area contributed by atoms with Crippen molar-refractivity contribution < 1.29 is 0 Å². The molecule has 0 amide bonds. The molecule has 0 saturated heterocycles. The molecule has 60 valence electrons. The van der Waals surface area contributed by atoms with Crippen LogP contribution in [0.25, 0.3) is 0 Å². The Kier molecular flexibility index (Phi) is 2.64. The monoisotopic (exact) mass is 141 g/mol. The molecule has 0 rings (SSSR count). The minimum atomic E-state index is 0.00174. The van der Waals surface area contributed by atoms with E-state index in [-0.39, 0.29) is 11.0 Å². The maximum atomic E-state index is 4.11. The second-order valence-corrected chi connectivity index (χ2v) is 3.95. The van der Waals surface area contributed by atoms with Crippen molar-refractivity contribution in [3.63, 3.8) is 0 Å². The zero-order valence-electron chi connectivity index (χ0n) is 7.86. The van der Waals surface area contributed by atoms with Crippen molar-refractivity contribution in [3.8, 4) is 0 Å². The van der Waals surface area contributed by atoms with Crippen LogP contribution in [0.1, 0.15) is 41.0 Å². The molecule has 0 aliphatic heterocycles. The first-order valence-electron chi connectivity index (χ1n) is 3.85. The van der Waals surface area contributed by atoms with E-state index in [2.05, 4.69) is 46.3 Å². The van der Waals surface area contributed by atoms with Gasteiger partial charge in [-0.2, -0.15) is 0 Å². The summed E-state index contributed by atoms with van der Waals surface area (Å²) in [6.45, 7) is 14.5. The highest BCUT2D eigenvalue weighted by atomic mass is 14.8. The lowest BCUT2D eigenvalue weighted by molar-refractivity contribution is 0.198. The molecule has 10 heavy (non-hydrogen) atoms. The van der Waals surface area contributed by atoms with Gasteiger partial charge in [-0.15, -0.1) is 0 Å². The highest BCUT2D eigenvalue weighted by molar-refractivity contribution is 5.26. The number of hydrogen-bond donors (Lipinski definition) is 0. The summed E-state index contributed by atoms with van der Waals surface area (Å²) in [5.74, 6) is 0. The molecule has 0 aliphatic rings. The molecule has 0 aliphatic carbocycles. The molecule has 1 heteroatoms. The van der Waals surface area contributed by atoms with Crippen molar-refractivity contribution in [1.29, 1.82) is 0 Å². The van der Waals surface area contributed by atoms with E-state index < -0.39 is 0 Å². The molecule has 0 bridgehead atoms. The summed E-state index contributed by atoms with van der Waals surface area (Å²) in [6, 6.07) is 0. The van der Waals surface area contributed by atoms with Gasteiger partial charge in [0.25, 0.3) is 0 Å². The maximum absolute atomic E-state index is 4.11. The lowest BCUT2D eigenvalue weighted by Crippen LogP contribution is -2.36. The van der Waals surface area contributed by atoms with Crippen LogP contribution in [0.2, 0.25) is 0 Å². The van der Waals surface area contributed by atoms with Gasteiger partial charge in [0.1, 0.15) is 0 Å². The van der Waals surface area contributed by atoms with E-state index in [1.807, 2.05) is 0 Å². The van der Waals surface area contributed by atoms with E-state index in [0.717, 1.165) is 6.42 Å². The summed E-state index contributed by atoms with van der Waals surface area (Å²) in [5, 5.41) is 0. The molecule has 0 N–H and O–H groups in total. The van der Waals surface area contributed by atoms with Crippen molar-refractivity contribution in [2.45, 2.75) is 46.6 Å². The van der Waals surface area contributed by atoms with Gasteiger partial charge in [0.15, 0.2) is 0 Å². The minimum Gasteiger partial charge on any atom is -0.294 e. The lowest BCUT2D eigenvalue weighted by Gasteiger charge is -2.37. The van der Waals surface area contributed by atoms with Crippen molar-refractivity contribution in [2.75, 3.05) is 0 Å². The molecule has 0 aromatic heterocycles. The van der Waals surface area contributed by atoms with Gasteiger partial charge in [-0.3, -0.25) is 4.99 Å². The van der Waals surface area contributed by atoms with E-state index in [1.165, 1.54) is 0 Å². The average molecular weight is 141 g/mol. The predicted octanol–water partition coefficient (Wildman–Crippen LogP) is 2.90. The van der Waals surface area contributed by atoms with Crippen molar-refractivity contribution in [2.24, 2.45) is 10.4 Å². The predicted molar refractivity (Wildman–Crippen MR) is 47.7 cm³/mol. The molecular formula is C9H19N. The number of hydrogen-bond acceptors (Lipinski definition) is 1. The molecule has 0 saturated carbocycles. The van der Waals surface area contributed by atoms with Gasteiger partial charge >= 0.3 is 0 Å². The van der Waals surface area contributed by atoms with Gasteiger partial charge in [0.2, 0.25) is 0 Å². The molecule has 0 atom stereocenters. The highest BCUT2D eigenvalue weighted by Crippen LogP contribution is 2.36. The van der Waals surface area contributed by atoms with Crippen LogP contribution in [0.15, 0.2) is 4.99 Å². The van der Waals surface area contributed by atoms with Crippen LogP contribution >= 0.6 is 0 Å². The number of nitrogens with zero attached hydrogens (tertiary/aromatic N) is 1. The Hall–Kier alpha value is -0.330. The number of aliphatic imine (C=N–C) groups is 1. The molecule has 0 heterocycles. The van der Waals surface area contributed by atoms with Crippen LogP contribution in [-0.2, 0) is 0 Å². The Morgan fingerprint density at radius 2 is 1.60 bits per heavy atom. The molecule has 1 nitrogen and oxygen atoms in total. The summed E-state index contributed by atoms with van der Waals surface area (Å²) in [4.78, 5) is 4.11. The van der Waals surface area contributed by atoms with Gasteiger partial charge in [0, 0.05) is 0 Å². The van der Waals surface area contributed by atoms with E-state index in [4.69, 9.17) is 0 Å². The fourth-order valence-corrected chi connectivity index (χ4v) is 0.647.